The van der Waals surface area contributed by atoms with E-state index in [0.29, 0.717) is 5.92 Å². The van der Waals surface area contributed by atoms with Crippen LogP contribution in [0.15, 0.2) is 79.0 Å². The fourth-order valence-electron chi connectivity index (χ4n) is 4.79. The molecule has 1 aliphatic rings. The van der Waals surface area contributed by atoms with Gasteiger partial charge in [-0.3, -0.25) is 0 Å². The Morgan fingerprint density at radius 2 is 1.77 bits per heavy atom. The predicted octanol–water partition coefficient (Wildman–Crippen LogP) is 5.36. The number of H-pyrrole nitrogens is 1. The fraction of sp³-hybridized carbons (Fsp3) is 0.154. The smallest absolute Gasteiger partial charge is 0.101 e. The van der Waals surface area contributed by atoms with Crippen molar-refractivity contribution in [2.75, 3.05) is 13.6 Å². The average Bonchev–Trinajstić information content (AvgIpc) is 3.22. The van der Waals surface area contributed by atoms with E-state index in [1.165, 1.54) is 27.7 Å². The lowest BCUT2D eigenvalue weighted by Gasteiger charge is -2.32. The van der Waals surface area contributed by atoms with E-state index in [4.69, 9.17) is 0 Å². The number of nitrogens with zero attached hydrogens (tertiary/aromatic N) is 3. The molecule has 0 saturated heterocycles. The van der Waals surface area contributed by atoms with Gasteiger partial charge in [0.25, 0.3) is 0 Å². The van der Waals surface area contributed by atoms with Gasteiger partial charge >= 0.3 is 0 Å². The normalized spacial score (nSPS) is 16.8. The second-order valence-electron chi connectivity index (χ2n) is 8.26. The van der Waals surface area contributed by atoms with Crippen LogP contribution in [0.25, 0.3) is 32.9 Å². The molecule has 2 aromatic heterocycles. The highest BCUT2D eigenvalue weighted by Gasteiger charge is 2.26. The molecule has 0 bridgehead atoms. The topological polar surface area (TPSA) is 44.8 Å². The third-order valence-corrected chi connectivity index (χ3v) is 6.22. The summed E-state index contributed by atoms with van der Waals surface area (Å²) in [6.45, 7) is 1.95. The monoisotopic (exact) mass is 390 g/mol. The summed E-state index contributed by atoms with van der Waals surface area (Å²) in [7, 11) is 2.20. The van der Waals surface area contributed by atoms with E-state index in [1.807, 2.05) is 12.3 Å². The molecule has 0 amide bonds. The summed E-state index contributed by atoms with van der Waals surface area (Å²) in [5.74, 6) is 0.332. The van der Waals surface area contributed by atoms with Crippen molar-refractivity contribution in [1.29, 1.82) is 0 Å². The molecule has 1 atom stereocenters. The van der Waals surface area contributed by atoms with E-state index in [2.05, 4.69) is 93.9 Å². The molecule has 1 unspecified atom stereocenters. The van der Waals surface area contributed by atoms with E-state index in [9.17, 15) is 0 Å². The van der Waals surface area contributed by atoms with Gasteiger partial charge in [0.2, 0.25) is 0 Å². The van der Waals surface area contributed by atoms with Crippen LogP contribution in [0.5, 0.6) is 0 Å². The van der Waals surface area contributed by atoms with Gasteiger partial charge in [0.1, 0.15) is 5.69 Å². The Bertz CT molecular complexity index is 1350. The van der Waals surface area contributed by atoms with Gasteiger partial charge in [-0.1, -0.05) is 54.6 Å². The van der Waals surface area contributed by atoms with E-state index in [1.54, 1.807) is 0 Å². The van der Waals surface area contributed by atoms with Gasteiger partial charge < -0.3 is 9.88 Å². The number of benzene rings is 3. The number of hydrogen-bond donors (Lipinski definition) is 1. The van der Waals surface area contributed by atoms with Crippen LogP contribution in [0.2, 0.25) is 0 Å². The van der Waals surface area contributed by atoms with Crippen LogP contribution >= 0.6 is 0 Å². The number of fused-ring (bicyclic) bond motifs is 3. The number of aromatic amines is 1. The minimum atomic E-state index is 0.332. The van der Waals surface area contributed by atoms with Crippen molar-refractivity contribution in [3.63, 3.8) is 0 Å². The summed E-state index contributed by atoms with van der Waals surface area (Å²) in [6, 6.07) is 25.9. The Kier molecular flexibility index (Phi) is 3.93. The number of para-hydroxylation sites is 1. The second-order valence-corrected chi connectivity index (χ2v) is 8.26. The van der Waals surface area contributed by atoms with E-state index in [0.717, 1.165) is 35.1 Å². The Hall–Kier alpha value is -3.50. The first kappa shape index (κ1) is 17.4. The maximum absolute atomic E-state index is 4.48. The molecule has 0 radical (unpaired) electrons. The predicted molar refractivity (Wildman–Crippen MR) is 121 cm³/mol. The third kappa shape index (κ3) is 2.80. The van der Waals surface area contributed by atoms with Crippen molar-refractivity contribution in [2.24, 2.45) is 0 Å². The average molecular weight is 390 g/mol. The summed E-state index contributed by atoms with van der Waals surface area (Å²) in [6.07, 6.45) is 1.83. The Labute approximate surface area is 175 Å². The zero-order valence-corrected chi connectivity index (χ0v) is 16.8. The summed E-state index contributed by atoms with van der Waals surface area (Å²) >= 11 is 0. The van der Waals surface area contributed by atoms with Crippen molar-refractivity contribution < 1.29 is 0 Å². The SMILES string of the molecule is CN1Cc2cc(-c3nncc4ccccc34)ccc2C(c2cc3ccccc3[nH]2)C1. The molecule has 5 aromatic rings. The van der Waals surface area contributed by atoms with Crippen molar-refractivity contribution in [1.82, 2.24) is 20.1 Å². The van der Waals surface area contributed by atoms with Crippen LogP contribution in [-0.4, -0.2) is 33.7 Å². The van der Waals surface area contributed by atoms with Crippen molar-refractivity contribution in [3.05, 3.63) is 95.8 Å². The summed E-state index contributed by atoms with van der Waals surface area (Å²) in [4.78, 5) is 6.05. The quantitative estimate of drug-likeness (QED) is 0.442. The third-order valence-electron chi connectivity index (χ3n) is 6.22. The van der Waals surface area contributed by atoms with Gasteiger partial charge in [-0.25, -0.2) is 0 Å². The van der Waals surface area contributed by atoms with Crippen LogP contribution in [0.4, 0.5) is 0 Å². The number of likely N-dealkylation sites (N-methyl/N-ethyl adjacent to an activating group) is 1. The standard InChI is InChI=1S/C26H22N4/c1-30-15-20-12-18(26-22-8-4-2-7-19(22)14-27-29-26)10-11-21(20)23(16-30)25-13-17-6-3-5-9-24(17)28-25/h2-14,23,28H,15-16H2,1H3. The number of rotatable bonds is 2. The lowest BCUT2D eigenvalue weighted by molar-refractivity contribution is 0.294. The number of nitrogens with one attached hydrogen (secondary N) is 1. The molecule has 1 N–H and O–H groups in total. The van der Waals surface area contributed by atoms with E-state index < -0.39 is 0 Å². The van der Waals surface area contributed by atoms with Crippen LogP contribution in [0.3, 0.4) is 0 Å². The largest absolute Gasteiger partial charge is 0.358 e. The van der Waals surface area contributed by atoms with Crippen molar-refractivity contribution in [2.45, 2.75) is 12.5 Å². The molecule has 1 aliphatic heterocycles. The van der Waals surface area contributed by atoms with Crippen molar-refractivity contribution >= 4 is 21.7 Å². The molecule has 0 fully saturated rings. The minimum Gasteiger partial charge on any atom is -0.358 e. The highest BCUT2D eigenvalue weighted by Crippen LogP contribution is 2.36. The Balaban J connectivity index is 1.47. The molecule has 0 spiro atoms. The molecule has 0 aliphatic carbocycles. The maximum Gasteiger partial charge on any atom is 0.101 e. The van der Waals surface area contributed by atoms with E-state index in [-0.39, 0.29) is 0 Å². The van der Waals surface area contributed by atoms with Crippen LogP contribution in [0.1, 0.15) is 22.7 Å². The molecule has 30 heavy (non-hydrogen) atoms. The second kappa shape index (κ2) is 6.78. The molecule has 146 valence electrons. The van der Waals surface area contributed by atoms with Crippen molar-refractivity contribution in [3.8, 4) is 11.3 Å². The summed E-state index contributed by atoms with van der Waals surface area (Å²) in [5.41, 5.74) is 7.32. The van der Waals surface area contributed by atoms with Gasteiger partial charge in [-0.2, -0.15) is 5.10 Å². The van der Waals surface area contributed by atoms with Crippen LogP contribution in [-0.2, 0) is 6.54 Å². The Morgan fingerprint density at radius 3 is 2.67 bits per heavy atom. The number of hydrogen-bond acceptors (Lipinski definition) is 3. The van der Waals surface area contributed by atoms with Crippen LogP contribution in [0, 0.1) is 0 Å². The van der Waals surface area contributed by atoms with Gasteiger partial charge in [-0.15, -0.1) is 5.10 Å². The zero-order valence-electron chi connectivity index (χ0n) is 16.8. The molecular formula is C26H22N4. The maximum atomic E-state index is 4.48. The minimum absolute atomic E-state index is 0.332. The fourth-order valence-corrected chi connectivity index (χ4v) is 4.79. The molecule has 4 nitrogen and oxygen atoms in total. The van der Waals surface area contributed by atoms with Gasteiger partial charge in [0.05, 0.1) is 6.20 Å². The van der Waals surface area contributed by atoms with Crippen LogP contribution < -0.4 is 0 Å². The van der Waals surface area contributed by atoms with Gasteiger partial charge in [0, 0.05) is 46.6 Å². The molecule has 6 rings (SSSR count). The van der Waals surface area contributed by atoms with E-state index >= 15 is 0 Å². The zero-order chi connectivity index (χ0) is 20.1. The molecule has 4 heteroatoms. The molecular weight excluding hydrogens is 368 g/mol. The highest BCUT2D eigenvalue weighted by molar-refractivity contribution is 5.93. The number of aromatic nitrogens is 3. The highest BCUT2D eigenvalue weighted by atomic mass is 15.1. The Morgan fingerprint density at radius 1 is 0.933 bits per heavy atom. The summed E-state index contributed by atoms with van der Waals surface area (Å²) in [5, 5.41) is 12.2. The lowest BCUT2D eigenvalue weighted by atomic mass is 9.86. The lowest BCUT2D eigenvalue weighted by Crippen LogP contribution is -2.31. The van der Waals surface area contributed by atoms with Gasteiger partial charge in [0.15, 0.2) is 0 Å². The van der Waals surface area contributed by atoms with Gasteiger partial charge in [-0.05, 0) is 41.8 Å². The first-order chi connectivity index (χ1) is 14.8. The first-order valence-corrected chi connectivity index (χ1v) is 10.4. The molecule has 0 saturated carbocycles. The molecule has 3 heterocycles. The molecule has 3 aromatic carbocycles. The first-order valence-electron chi connectivity index (χ1n) is 10.4. The summed E-state index contributed by atoms with van der Waals surface area (Å²) < 4.78 is 0.